The number of fused-ring (bicyclic) bond motifs is 2. The number of halogens is 6. The van der Waals surface area contributed by atoms with E-state index in [0.717, 1.165) is 36.0 Å². The van der Waals surface area contributed by atoms with Crippen LogP contribution in [0.5, 0.6) is 5.75 Å². The summed E-state index contributed by atoms with van der Waals surface area (Å²) in [6, 6.07) is 3.10. The largest absolute Gasteiger partial charge is 0.494 e. The van der Waals surface area contributed by atoms with Crippen LogP contribution in [0.15, 0.2) is 36.7 Å². The zero-order valence-electron chi connectivity index (χ0n) is 19.9. The summed E-state index contributed by atoms with van der Waals surface area (Å²) >= 11 is 0. The number of alkyl halides is 3. The van der Waals surface area contributed by atoms with Crippen LogP contribution in [0.2, 0.25) is 0 Å². The van der Waals surface area contributed by atoms with Gasteiger partial charge in [-0.1, -0.05) is 0 Å². The number of anilines is 1. The summed E-state index contributed by atoms with van der Waals surface area (Å²) in [6.45, 7) is 1.60. The molecule has 3 aromatic heterocycles. The fourth-order valence-corrected chi connectivity index (χ4v) is 4.37. The molecule has 0 saturated heterocycles. The average molecular weight is 533 g/mol. The van der Waals surface area contributed by atoms with Crippen LogP contribution in [0.1, 0.15) is 27.4 Å². The number of rotatable bonds is 4. The summed E-state index contributed by atoms with van der Waals surface area (Å²) in [7, 11) is 2.70. The van der Waals surface area contributed by atoms with Gasteiger partial charge in [0, 0.05) is 29.9 Å². The predicted octanol–water partition coefficient (Wildman–Crippen LogP) is 5.45. The topological polar surface area (TPSA) is 87.4 Å². The summed E-state index contributed by atoms with van der Waals surface area (Å²) in [5.41, 5.74) is 1.63. The van der Waals surface area contributed by atoms with Crippen LogP contribution in [0.3, 0.4) is 0 Å². The normalized spacial score (nSPS) is 12.0. The second-order valence-corrected chi connectivity index (χ2v) is 8.51. The van der Waals surface area contributed by atoms with Gasteiger partial charge < -0.3 is 15.0 Å². The third kappa shape index (κ3) is 3.73. The number of ether oxygens (including phenoxy) is 1. The molecule has 7 nitrogen and oxygen atoms in total. The lowest BCUT2D eigenvalue weighted by Gasteiger charge is -2.18. The molecule has 0 unspecified atom stereocenters. The Morgan fingerprint density at radius 3 is 2.34 bits per heavy atom. The van der Waals surface area contributed by atoms with Gasteiger partial charge in [-0.2, -0.15) is 13.2 Å². The second kappa shape index (κ2) is 8.50. The minimum atomic E-state index is -4.90. The molecule has 0 aliphatic heterocycles. The molecule has 5 aromatic rings. The van der Waals surface area contributed by atoms with Crippen LogP contribution in [0.25, 0.3) is 27.8 Å². The van der Waals surface area contributed by atoms with Crippen molar-refractivity contribution >= 4 is 28.2 Å². The molecule has 0 atom stereocenters. The molecule has 0 fully saturated rings. The molecular formula is C25H17F6N5O2. The van der Waals surface area contributed by atoms with Gasteiger partial charge in [0.25, 0.3) is 0 Å². The number of hydrogen-bond acceptors (Lipinski definition) is 5. The number of aromatic nitrogens is 4. The van der Waals surface area contributed by atoms with Crippen molar-refractivity contribution in [1.29, 1.82) is 0 Å². The van der Waals surface area contributed by atoms with Crippen LogP contribution in [-0.2, 0) is 13.2 Å². The first-order valence-electron chi connectivity index (χ1n) is 10.9. The quantitative estimate of drug-likeness (QED) is 0.189. The Morgan fingerprint density at radius 2 is 1.74 bits per heavy atom. The molecular weight excluding hydrogens is 516 g/mol. The van der Waals surface area contributed by atoms with Gasteiger partial charge in [0.15, 0.2) is 5.75 Å². The number of hydrogen-bond donors (Lipinski definition) is 1. The number of imidazole rings is 2. The molecule has 2 aromatic carbocycles. The number of nitrogen functional groups attached to an aromatic ring is 1. The average Bonchev–Trinajstić information content (AvgIpc) is 3.40. The number of pyridine rings is 1. The first-order valence-corrected chi connectivity index (χ1v) is 10.9. The van der Waals surface area contributed by atoms with Gasteiger partial charge in [0.2, 0.25) is 5.78 Å². The maximum absolute atomic E-state index is 14.9. The van der Waals surface area contributed by atoms with Gasteiger partial charge in [-0.05, 0) is 31.2 Å². The van der Waals surface area contributed by atoms with Crippen molar-refractivity contribution in [2.24, 2.45) is 7.05 Å². The SMILES string of the molecule is COc1c(-c2cc(F)cn3c(C(=O)c4cc(F)c(N)c(F)c4)cnc23)c(C(F)(F)F)cc2c1nc(C)n2C. The molecule has 0 aliphatic rings. The Morgan fingerprint density at radius 1 is 1.08 bits per heavy atom. The third-order valence-electron chi connectivity index (χ3n) is 6.28. The zero-order valence-corrected chi connectivity index (χ0v) is 19.9. The number of nitrogens with two attached hydrogens (primary N) is 1. The maximum atomic E-state index is 14.9. The monoisotopic (exact) mass is 533 g/mol. The van der Waals surface area contributed by atoms with Gasteiger partial charge >= 0.3 is 6.18 Å². The van der Waals surface area contributed by atoms with Crippen LogP contribution in [0, 0.1) is 24.4 Å². The molecule has 2 N–H and O–H groups in total. The van der Waals surface area contributed by atoms with Crippen LogP contribution < -0.4 is 10.5 Å². The number of methoxy groups -OCH3 is 1. The molecule has 0 spiro atoms. The molecule has 38 heavy (non-hydrogen) atoms. The van der Waals surface area contributed by atoms with E-state index in [4.69, 9.17) is 10.5 Å². The lowest BCUT2D eigenvalue weighted by Crippen LogP contribution is -2.11. The fourth-order valence-electron chi connectivity index (χ4n) is 4.37. The molecule has 0 saturated carbocycles. The smallest absolute Gasteiger partial charge is 0.417 e. The van der Waals surface area contributed by atoms with Crippen molar-refractivity contribution in [3.05, 3.63) is 76.8 Å². The number of ketones is 1. The predicted molar refractivity (Wildman–Crippen MR) is 125 cm³/mol. The number of nitrogens with zero attached hydrogens (tertiary/aromatic N) is 4. The van der Waals surface area contributed by atoms with Gasteiger partial charge in [0.05, 0.1) is 24.4 Å². The van der Waals surface area contributed by atoms with E-state index in [2.05, 4.69) is 9.97 Å². The van der Waals surface area contributed by atoms with Crippen molar-refractivity contribution in [2.75, 3.05) is 12.8 Å². The van der Waals surface area contributed by atoms with Gasteiger partial charge in [-0.25, -0.2) is 23.1 Å². The van der Waals surface area contributed by atoms with E-state index in [0.29, 0.717) is 18.0 Å². The summed E-state index contributed by atoms with van der Waals surface area (Å²) in [6.07, 6.45) is -3.11. The Labute approximate surface area is 210 Å². The first-order chi connectivity index (χ1) is 17.8. The van der Waals surface area contributed by atoms with E-state index in [1.807, 2.05) is 0 Å². The zero-order chi connectivity index (χ0) is 27.7. The minimum Gasteiger partial charge on any atom is -0.494 e. The van der Waals surface area contributed by atoms with Crippen molar-refractivity contribution in [3.8, 4) is 16.9 Å². The summed E-state index contributed by atoms with van der Waals surface area (Å²) in [5, 5.41) is 0. The highest BCUT2D eigenvalue weighted by molar-refractivity contribution is 6.09. The van der Waals surface area contributed by atoms with Crippen molar-refractivity contribution in [3.63, 3.8) is 0 Å². The van der Waals surface area contributed by atoms with E-state index in [1.165, 1.54) is 4.57 Å². The van der Waals surface area contributed by atoms with Crippen LogP contribution >= 0.6 is 0 Å². The maximum Gasteiger partial charge on any atom is 0.417 e. The molecule has 0 amide bonds. The minimum absolute atomic E-state index is 0.105. The van der Waals surface area contributed by atoms with Crippen molar-refractivity contribution in [1.82, 2.24) is 18.9 Å². The summed E-state index contributed by atoms with van der Waals surface area (Å²) < 4.78 is 93.6. The first kappa shape index (κ1) is 25.1. The molecule has 0 bridgehead atoms. The van der Waals surface area contributed by atoms with Crippen molar-refractivity contribution < 1.29 is 35.9 Å². The number of benzene rings is 2. The highest BCUT2D eigenvalue weighted by Gasteiger charge is 2.38. The van der Waals surface area contributed by atoms with Gasteiger partial charge in [-0.15, -0.1) is 0 Å². The molecule has 0 radical (unpaired) electrons. The van der Waals surface area contributed by atoms with E-state index in [1.54, 1.807) is 14.0 Å². The van der Waals surface area contributed by atoms with E-state index in [-0.39, 0.29) is 33.7 Å². The fraction of sp³-hybridized carbons (Fsp3) is 0.160. The standard InChI is InChI=1S/C25H17F6N5O2/c1-10-34-21-17(35(10)2)7-14(25(29,30)31)19(23(21)38-3)13-6-12(26)9-36-18(8-33-24(13)36)22(37)11-4-15(27)20(32)16(28)5-11/h4-9H,32H2,1-3H3. The third-order valence-corrected chi connectivity index (χ3v) is 6.28. The lowest BCUT2D eigenvalue weighted by molar-refractivity contribution is -0.137. The molecule has 3 heterocycles. The lowest BCUT2D eigenvalue weighted by atomic mass is 9.97. The van der Waals surface area contributed by atoms with E-state index < -0.39 is 51.8 Å². The van der Waals surface area contributed by atoms with Gasteiger partial charge in [0.1, 0.15) is 45.8 Å². The van der Waals surface area contributed by atoms with Crippen LogP contribution in [-0.4, -0.2) is 31.8 Å². The second-order valence-electron chi connectivity index (χ2n) is 8.51. The van der Waals surface area contributed by atoms with Crippen molar-refractivity contribution in [2.45, 2.75) is 13.1 Å². The highest BCUT2D eigenvalue weighted by atomic mass is 19.4. The summed E-state index contributed by atoms with van der Waals surface area (Å²) in [4.78, 5) is 21.5. The highest BCUT2D eigenvalue weighted by Crippen LogP contribution is 2.47. The van der Waals surface area contributed by atoms with Crippen LogP contribution in [0.4, 0.5) is 32.0 Å². The van der Waals surface area contributed by atoms with Gasteiger partial charge in [-0.3, -0.25) is 9.20 Å². The Hall–Kier alpha value is -4.55. The number of carbonyl (C=O) groups excluding carboxylic acids is 1. The molecule has 0 aliphatic carbocycles. The summed E-state index contributed by atoms with van der Waals surface area (Å²) in [5.74, 6) is -4.22. The molecule has 196 valence electrons. The van der Waals surface area contributed by atoms with E-state index in [9.17, 15) is 31.1 Å². The number of carbonyl (C=O) groups is 1. The number of aryl methyl sites for hydroxylation is 2. The van der Waals surface area contributed by atoms with E-state index >= 15 is 0 Å². The Kier molecular flexibility index (Phi) is 5.62. The molecule has 13 heteroatoms. The Bertz CT molecular complexity index is 1760. The molecule has 5 rings (SSSR count). The Balaban J connectivity index is 1.83.